The van der Waals surface area contributed by atoms with Crippen molar-refractivity contribution in [3.8, 4) is 0 Å². The number of hydrogen-bond donors (Lipinski definition) is 2. The number of carboxylic acid groups (broad SMARTS) is 1. The molecule has 0 aliphatic rings. The molecule has 0 aromatic carbocycles. The van der Waals surface area contributed by atoms with Crippen molar-refractivity contribution in [2.45, 2.75) is 26.4 Å². The second-order valence-corrected chi connectivity index (χ2v) is 5.04. The Morgan fingerprint density at radius 1 is 1.29 bits per heavy atom. The first-order chi connectivity index (χ1) is 9.64. The van der Waals surface area contributed by atoms with Crippen molar-refractivity contribution in [1.29, 1.82) is 0 Å². The van der Waals surface area contributed by atoms with Gasteiger partial charge in [0, 0.05) is 6.20 Å². The van der Waals surface area contributed by atoms with Gasteiger partial charge in [0.1, 0.15) is 5.60 Å². The van der Waals surface area contributed by atoms with E-state index >= 15 is 0 Å². The topological polar surface area (TPSA) is 115 Å². The molecule has 1 aromatic rings. The van der Waals surface area contributed by atoms with Crippen molar-refractivity contribution in [2.75, 3.05) is 12.4 Å². The summed E-state index contributed by atoms with van der Waals surface area (Å²) in [6.45, 7) is 4.98. The van der Waals surface area contributed by atoms with E-state index in [1.165, 1.54) is 7.11 Å². The molecule has 8 nitrogen and oxygen atoms in total. The normalized spacial score (nSPS) is 10.7. The molecule has 0 bridgehead atoms. The van der Waals surface area contributed by atoms with E-state index in [0.29, 0.717) is 0 Å². The number of rotatable bonds is 3. The monoisotopic (exact) mass is 296 g/mol. The molecule has 0 spiro atoms. The smallest absolute Gasteiger partial charge is 0.412 e. The van der Waals surface area contributed by atoms with E-state index in [1.807, 2.05) is 0 Å². The van der Waals surface area contributed by atoms with Crippen LogP contribution in [0.25, 0.3) is 0 Å². The van der Waals surface area contributed by atoms with E-state index < -0.39 is 29.3 Å². The molecule has 0 radical (unpaired) electrons. The lowest BCUT2D eigenvalue weighted by Gasteiger charge is -2.20. The quantitative estimate of drug-likeness (QED) is 0.818. The van der Waals surface area contributed by atoms with Crippen LogP contribution in [0.4, 0.5) is 10.5 Å². The number of pyridine rings is 1. The van der Waals surface area contributed by atoms with E-state index in [-0.39, 0.29) is 11.3 Å². The fraction of sp³-hybridized carbons (Fsp3) is 0.385. The van der Waals surface area contributed by atoms with Gasteiger partial charge in [-0.25, -0.2) is 19.4 Å². The fourth-order valence-corrected chi connectivity index (χ4v) is 1.37. The predicted octanol–water partition coefficient (Wildman–Crippen LogP) is 1.91. The Balaban J connectivity index is 3.09. The number of ether oxygens (including phenoxy) is 2. The van der Waals surface area contributed by atoms with Crippen LogP contribution in [0.2, 0.25) is 0 Å². The molecule has 0 saturated carbocycles. The summed E-state index contributed by atoms with van der Waals surface area (Å²) >= 11 is 0. The van der Waals surface area contributed by atoms with Gasteiger partial charge >= 0.3 is 18.0 Å². The summed E-state index contributed by atoms with van der Waals surface area (Å²) in [4.78, 5) is 37.8. The van der Waals surface area contributed by atoms with Gasteiger partial charge < -0.3 is 14.6 Å². The highest BCUT2D eigenvalue weighted by atomic mass is 16.6. The van der Waals surface area contributed by atoms with Crippen molar-refractivity contribution in [3.63, 3.8) is 0 Å². The maximum absolute atomic E-state index is 11.7. The Hall–Kier alpha value is -2.64. The number of nitrogens with zero attached hydrogens (tertiary/aromatic N) is 1. The Labute approximate surface area is 121 Å². The van der Waals surface area contributed by atoms with Gasteiger partial charge in [-0.2, -0.15) is 0 Å². The van der Waals surface area contributed by atoms with Gasteiger partial charge in [0.15, 0.2) is 5.69 Å². The maximum atomic E-state index is 11.7. The minimum atomic E-state index is -1.35. The largest absolute Gasteiger partial charge is 0.476 e. The minimum Gasteiger partial charge on any atom is -0.476 e. The molecule has 21 heavy (non-hydrogen) atoms. The molecule has 114 valence electrons. The molecule has 8 heteroatoms. The third-order valence-electron chi connectivity index (χ3n) is 2.15. The fourth-order valence-electron chi connectivity index (χ4n) is 1.37. The molecular formula is C13H16N2O6. The Morgan fingerprint density at radius 2 is 1.90 bits per heavy atom. The Kier molecular flexibility index (Phi) is 4.85. The summed E-state index contributed by atoms with van der Waals surface area (Å²) in [5.41, 5.74) is -1.30. The third kappa shape index (κ3) is 4.75. The van der Waals surface area contributed by atoms with Crippen molar-refractivity contribution in [3.05, 3.63) is 23.5 Å². The number of carboxylic acids is 1. The summed E-state index contributed by atoms with van der Waals surface area (Å²) in [7, 11) is 1.18. The molecule has 2 N–H and O–H groups in total. The molecule has 0 unspecified atom stereocenters. The Morgan fingerprint density at radius 3 is 2.38 bits per heavy atom. The number of anilines is 1. The average Bonchev–Trinajstić information content (AvgIpc) is 2.34. The molecule has 0 aliphatic carbocycles. The van der Waals surface area contributed by atoms with Crippen LogP contribution >= 0.6 is 0 Å². The summed E-state index contributed by atoms with van der Waals surface area (Å²) in [5.74, 6) is -2.05. The van der Waals surface area contributed by atoms with Gasteiger partial charge in [-0.05, 0) is 26.8 Å². The standard InChI is InChI=1S/C13H16N2O6/c1-13(2,3)21-12(19)15-8-5-7(11(18)20-4)6-14-9(8)10(16)17/h5-6H,1-4H3,(H,15,19)(H,16,17). The third-order valence-corrected chi connectivity index (χ3v) is 2.15. The zero-order valence-corrected chi connectivity index (χ0v) is 12.1. The number of aromatic nitrogens is 1. The number of nitrogens with one attached hydrogen (secondary N) is 1. The average molecular weight is 296 g/mol. The maximum Gasteiger partial charge on any atom is 0.412 e. The molecule has 1 heterocycles. The van der Waals surface area contributed by atoms with E-state index in [9.17, 15) is 14.4 Å². The van der Waals surface area contributed by atoms with Gasteiger partial charge in [0.05, 0.1) is 18.4 Å². The molecule has 0 atom stereocenters. The first kappa shape index (κ1) is 16.4. The molecule has 0 fully saturated rings. The SMILES string of the molecule is COC(=O)c1cnc(C(=O)O)c(NC(=O)OC(C)(C)C)c1. The zero-order valence-electron chi connectivity index (χ0n) is 12.1. The first-order valence-corrected chi connectivity index (χ1v) is 5.95. The molecule has 0 aliphatic heterocycles. The minimum absolute atomic E-state index is 0.00792. The van der Waals surface area contributed by atoms with E-state index in [4.69, 9.17) is 9.84 Å². The molecule has 1 aromatic heterocycles. The number of aromatic carboxylic acids is 1. The molecular weight excluding hydrogens is 280 g/mol. The number of esters is 1. The molecule has 0 saturated heterocycles. The lowest BCUT2D eigenvalue weighted by atomic mass is 10.2. The first-order valence-electron chi connectivity index (χ1n) is 5.95. The van der Waals surface area contributed by atoms with E-state index in [0.717, 1.165) is 12.3 Å². The van der Waals surface area contributed by atoms with Gasteiger partial charge in [-0.1, -0.05) is 0 Å². The van der Waals surface area contributed by atoms with Crippen LogP contribution in [-0.4, -0.2) is 40.8 Å². The lowest BCUT2D eigenvalue weighted by molar-refractivity contribution is 0.0593. The summed E-state index contributed by atoms with van der Waals surface area (Å²) < 4.78 is 9.52. The van der Waals surface area contributed by atoms with Gasteiger partial charge in [0.25, 0.3) is 0 Å². The summed E-state index contributed by atoms with van der Waals surface area (Å²) in [5, 5.41) is 11.3. The number of methoxy groups -OCH3 is 1. The number of amides is 1. The second-order valence-electron chi connectivity index (χ2n) is 5.04. The van der Waals surface area contributed by atoms with Crippen molar-refractivity contribution >= 4 is 23.7 Å². The number of carbonyl (C=O) groups excluding carboxylic acids is 2. The van der Waals surface area contributed by atoms with E-state index in [2.05, 4.69) is 15.0 Å². The Bertz CT molecular complexity index is 577. The van der Waals surface area contributed by atoms with Crippen LogP contribution in [0, 0.1) is 0 Å². The zero-order chi connectivity index (χ0) is 16.2. The van der Waals surface area contributed by atoms with E-state index in [1.54, 1.807) is 20.8 Å². The molecule has 1 rings (SSSR count). The van der Waals surface area contributed by atoms with Crippen LogP contribution in [0.15, 0.2) is 12.3 Å². The van der Waals surface area contributed by atoms with Crippen LogP contribution in [-0.2, 0) is 9.47 Å². The van der Waals surface area contributed by atoms with Crippen molar-refractivity contribution in [1.82, 2.24) is 4.98 Å². The number of carbonyl (C=O) groups is 3. The van der Waals surface area contributed by atoms with Gasteiger partial charge in [-0.3, -0.25) is 5.32 Å². The molecule has 1 amide bonds. The van der Waals surface area contributed by atoms with Gasteiger partial charge in [0.2, 0.25) is 0 Å². The highest BCUT2D eigenvalue weighted by Gasteiger charge is 2.21. The summed E-state index contributed by atoms with van der Waals surface area (Å²) in [6, 6.07) is 1.16. The van der Waals surface area contributed by atoms with Crippen LogP contribution in [0.1, 0.15) is 41.6 Å². The highest BCUT2D eigenvalue weighted by Crippen LogP contribution is 2.18. The summed E-state index contributed by atoms with van der Waals surface area (Å²) in [6.07, 6.45) is 0.198. The van der Waals surface area contributed by atoms with Crippen LogP contribution in [0.3, 0.4) is 0 Å². The van der Waals surface area contributed by atoms with Crippen LogP contribution < -0.4 is 5.32 Å². The van der Waals surface area contributed by atoms with Crippen molar-refractivity contribution < 1.29 is 29.0 Å². The predicted molar refractivity (Wildman–Crippen MR) is 72.4 cm³/mol. The highest BCUT2D eigenvalue weighted by molar-refractivity contribution is 5.99. The second kappa shape index (κ2) is 6.21. The van der Waals surface area contributed by atoms with Gasteiger partial charge in [-0.15, -0.1) is 0 Å². The number of hydrogen-bond acceptors (Lipinski definition) is 6. The van der Waals surface area contributed by atoms with Crippen molar-refractivity contribution in [2.24, 2.45) is 0 Å². The lowest BCUT2D eigenvalue weighted by Crippen LogP contribution is -2.28. The van der Waals surface area contributed by atoms with Crippen LogP contribution in [0.5, 0.6) is 0 Å².